The molecule has 0 aliphatic carbocycles. The molecular formula is C12H12N2OS. The van der Waals surface area contributed by atoms with Gasteiger partial charge in [-0.15, -0.1) is 11.8 Å². The highest BCUT2D eigenvalue weighted by atomic mass is 32.2. The Morgan fingerprint density at radius 3 is 3.06 bits per heavy atom. The number of thioether (sulfide) groups is 1. The SMILES string of the molecule is O=Cc1cccc(SCCn2cccn2)c1. The van der Waals surface area contributed by atoms with E-state index in [1.807, 2.05) is 41.2 Å². The zero-order valence-corrected chi connectivity index (χ0v) is 9.56. The molecule has 82 valence electrons. The van der Waals surface area contributed by atoms with Crippen LogP contribution in [0, 0.1) is 0 Å². The number of aldehydes is 1. The van der Waals surface area contributed by atoms with Gasteiger partial charge in [-0.3, -0.25) is 9.48 Å². The van der Waals surface area contributed by atoms with Crippen molar-refractivity contribution in [1.29, 1.82) is 0 Å². The van der Waals surface area contributed by atoms with Crippen LogP contribution in [0.4, 0.5) is 0 Å². The van der Waals surface area contributed by atoms with Gasteiger partial charge in [-0.2, -0.15) is 5.10 Å². The lowest BCUT2D eigenvalue weighted by atomic mass is 10.2. The fraction of sp³-hybridized carbons (Fsp3) is 0.167. The number of carbonyl (C=O) groups is 1. The molecule has 3 nitrogen and oxygen atoms in total. The molecule has 0 radical (unpaired) electrons. The van der Waals surface area contributed by atoms with E-state index in [1.54, 1.807) is 18.0 Å². The summed E-state index contributed by atoms with van der Waals surface area (Å²) >= 11 is 1.73. The van der Waals surface area contributed by atoms with E-state index in [-0.39, 0.29) is 0 Å². The van der Waals surface area contributed by atoms with E-state index in [0.29, 0.717) is 0 Å². The quantitative estimate of drug-likeness (QED) is 0.587. The lowest BCUT2D eigenvalue weighted by Crippen LogP contribution is -2.00. The molecule has 0 aliphatic heterocycles. The minimum Gasteiger partial charge on any atom is -0.298 e. The summed E-state index contributed by atoms with van der Waals surface area (Å²) in [5.74, 6) is 0.948. The topological polar surface area (TPSA) is 34.9 Å². The molecule has 0 amide bonds. The van der Waals surface area contributed by atoms with E-state index < -0.39 is 0 Å². The monoisotopic (exact) mass is 232 g/mol. The molecular weight excluding hydrogens is 220 g/mol. The third-order valence-electron chi connectivity index (χ3n) is 2.14. The summed E-state index contributed by atoms with van der Waals surface area (Å²) in [4.78, 5) is 11.7. The van der Waals surface area contributed by atoms with Crippen molar-refractivity contribution in [3.63, 3.8) is 0 Å². The van der Waals surface area contributed by atoms with Gasteiger partial charge < -0.3 is 0 Å². The molecule has 0 bridgehead atoms. The summed E-state index contributed by atoms with van der Waals surface area (Å²) in [6.07, 6.45) is 4.59. The number of carbonyl (C=O) groups excluding carboxylic acids is 1. The zero-order valence-electron chi connectivity index (χ0n) is 8.74. The van der Waals surface area contributed by atoms with E-state index in [0.717, 1.165) is 29.0 Å². The number of aromatic nitrogens is 2. The van der Waals surface area contributed by atoms with Crippen molar-refractivity contribution in [2.75, 3.05) is 5.75 Å². The Morgan fingerprint density at radius 1 is 1.38 bits per heavy atom. The van der Waals surface area contributed by atoms with Crippen LogP contribution in [0.15, 0.2) is 47.6 Å². The molecule has 0 aliphatic rings. The van der Waals surface area contributed by atoms with Crippen LogP contribution in [-0.2, 0) is 6.54 Å². The van der Waals surface area contributed by atoms with E-state index in [1.165, 1.54) is 0 Å². The van der Waals surface area contributed by atoms with Gasteiger partial charge in [0.15, 0.2) is 0 Å². The Labute approximate surface area is 98.5 Å². The molecule has 16 heavy (non-hydrogen) atoms. The third-order valence-corrected chi connectivity index (χ3v) is 3.12. The number of rotatable bonds is 5. The van der Waals surface area contributed by atoms with Crippen molar-refractivity contribution >= 4 is 18.0 Å². The summed E-state index contributed by atoms with van der Waals surface area (Å²) in [7, 11) is 0. The lowest BCUT2D eigenvalue weighted by Gasteiger charge is -2.02. The van der Waals surface area contributed by atoms with Crippen LogP contribution in [0.1, 0.15) is 10.4 Å². The van der Waals surface area contributed by atoms with Gasteiger partial charge in [-0.25, -0.2) is 0 Å². The van der Waals surface area contributed by atoms with E-state index in [9.17, 15) is 4.79 Å². The molecule has 1 aromatic heterocycles. The van der Waals surface area contributed by atoms with Crippen molar-refractivity contribution in [3.05, 3.63) is 48.3 Å². The maximum Gasteiger partial charge on any atom is 0.150 e. The molecule has 2 aromatic rings. The molecule has 2 rings (SSSR count). The summed E-state index contributed by atoms with van der Waals surface area (Å²) in [6.45, 7) is 0.878. The minimum atomic E-state index is 0.726. The van der Waals surface area contributed by atoms with E-state index in [2.05, 4.69) is 5.10 Å². The molecule has 0 spiro atoms. The number of aryl methyl sites for hydroxylation is 1. The molecule has 0 atom stereocenters. The van der Waals surface area contributed by atoms with Gasteiger partial charge >= 0.3 is 0 Å². The van der Waals surface area contributed by atoms with Gasteiger partial charge in [-0.1, -0.05) is 12.1 Å². The number of hydrogen-bond acceptors (Lipinski definition) is 3. The molecule has 0 saturated heterocycles. The number of nitrogens with zero attached hydrogens (tertiary/aromatic N) is 2. The fourth-order valence-electron chi connectivity index (χ4n) is 1.37. The smallest absolute Gasteiger partial charge is 0.150 e. The molecule has 0 unspecified atom stereocenters. The maximum atomic E-state index is 10.6. The number of benzene rings is 1. The first-order valence-corrected chi connectivity index (χ1v) is 6.02. The predicted molar refractivity (Wildman–Crippen MR) is 64.8 cm³/mol. The Balaban J connectivity index is 1.87. The van der Waals surface area contributed by atoms with Gasteiger partial charge in [-0.05, 0) is 18.2 Å². The summed E-state index contributed by atoms with van der Waals surface area (Å²) in [6, 6.07) is 9.55. The van der Waals surface area contributed by atoms with Gasteiger partial charge in [0, 0.05) is 28.6 Å². The lowest BCUT2D eigenvalue weighted by molar-refractivity contribution is 0.112. The molecule has 0 saturated carbocycles. The Bertz CT molecular complexity index is 454. The van der Waals surface area contributed by atoms with Crippen molar-refractivity contribution in [1.82, 2.24) is 9.78 Å². The maximum absolute atomic E-state index is 10.6. The highest BCUT2D eigenvalue weighted by Crippen LogP contribution is 2.18. The molecule has 0 N–H and O–H groups in total. The van der Waals surface area contributed by atoms with Crippen LogP contribution in [0.2, 0.25) is 0 Å². The van der Waals surface area contributed by atoms with Crippen LogP contribution in [0.3, 0.4) is 0 Å². The minimum absolute atomic E-state index is 0.726. The largest absolute Gasteiger partial charge is 0.298 e. The average Bonchev–Trinajstić information content (AvgIpc) is 2.82. The highest BCUT2D eigenvalue weighted by molar-refractivity contribution is 7.99. The second-order valence-corrected chi connectivity index (χ2v) is 4.48. The first-order chi connectivity index (χ1) is 7.88. The van der Waals surface area contributed by atoms with E-state index in [4.69, 9.17) is 0 Å². The second kappa shape index (κ2) is 5.51. The molecule has 0 fully saturated rings. The first kappa shape index (κ1) is 11.0. The number of hydrogen-bond donors (Lipinski definition) is 0. The van der Waals surface area contributed by atoms with Gasteiger partial charge in [0.1, 0.15) is 6.29 Å². The summed E-state index contributed by atoms with van der Waals surface area (Å²) < 4.78 is 1.90. The molecule has 1 heterocycles. The van der Waals surface area contributed by atoms with Crippen molar-refractivity contribution in [2.45, 2.75) is 11.4 Å². The second-order valence-electron chi connectivity index (χ2n) is 3.31. The third kappa shape index (κ3) is 2.97. The van der Waals surface area contributed by atoms with Crippen LogP contribution in [-0.4, -0.2) is 21.8 Å². The van der Waals surface area contributed by atoms with Crippen LogP contribution in [0.25, 0.3) is 0 Å². The first-order valence-electron chi connectivity index (χ1n) is 5.04. The Kier molecular flexibility index (Phi) is 3.77. The van der Waals surface area contributed by atoms with Crippen molar-refractivity contribution in [2.24, 2.45) is 0 Å². The van der Waals surface area contributed by atoms with Gasteiger partial charge in [0.25, 0.3) is 0 Å². The van der Waals surface area contributed by atoms with Crippen LogP contribution >= 0.6 is 11.8 Å². The van der Waals surface area contributed by atoms with Crippen molar-refractivity contribution in [3.8, 4) is 0 Å². The standard InChI is InChI=1S/C12H12N2OS/c15-10-11-3-1-4-12(9-11)16-8-7-14-6-2-5-13-14/h1-6,9-10H,7-8H2. The summed E-state index contributed by atoms with van der Waals surface area (Å²) in [5, 5.41) is 4.13. The van der Waals surface area contributed by atoms with Crippen LogP contribution < -0.4 is 0 Å². The molecule has 4 heteroatoms. The predicted octanol–water partition coefficient (Wildman–Crippen LogP) is 2.49. The zero-order chi connectivity index (χ0) is 11.2. The average molecular weight is 232 g/mol. The van der Waals surface area contributed by atoms with Gasteiger partial charge in [0.2, 0.25) is 0 Å². The van der Waals surface area contributed by atoms with Crippen molar-refractivity contribution < 1.29 is 4.79 Å². The Hall–Kier alpha value is -1.55. The molecule has 1 aromatic carbocycles. The van der Waals surface area contributed by atoms with E-state index >= 15 is 0 Å². The highest BCUT2D eigenvalue weighted by Gasteiger charge is 1.96. The fourth-order valence-corrected chi connectivity index (χ4v) is 2.28. The van der Waals surface area contributed by atoms with Gasteiger partial charge in [0.05, 0.1) is 6.54 Å². The Morgan fingerprint density at radius 2 is 2.31 bits per heavy atom. The summed E-state index contributed by atoms with van der Waals surface area (Å²) in [5.41, 5.74) is 0.726. The normalized spacial score (nSPS) is 10.2. The van der Waals surface area contributed by atoms with Crippen LogP contribution in [0.5, 0.6) is 0 Å².